The molecule has 1 saturated carbocycles. The van der Waals surface area contributed by atoms with Gasteiger partial charge in [-0.25, -0.2) is 4.39 Å². The van der Waals surface area contributed by atoms with E-state index < -0.39 is 39.7 Å². The van der Waals surface area contributed by atoms with Gasteiger partial charge in [-0.15, -0.1) is 0 Å². The van der Waals surface area contributed by atoms with Crippen LogP contribution < -0.4 is 0 Å². The van der Waals surface area contributed by atoms with Crippen molar-refractivity contribution in [2.24, 2.45) is 0 Å². The lowest BCUT2D eigenvalue weighted by Crippen LogP contribution is -2.63. The van der Waals surface area contributed by atoms with Gasteiger partial charge in [0.2, 0.25) is 0 Å². The molecule has 0 amide bonds. The summed E-state index contributed by atoms with van der Waals surface area (Å²) in [6.07, 6.45) is -6.99. The highest BCUT2D eigenvalue weighted by molar-refractivity contribution is 6.56. The van der Waals surface area contributed by atoms with Crippen LogP contribution in [-0.2, 0) is 0 Å². The average Bonchev–Trinajstić information content (AvgIpc) is 2.18. The second-order valence-electron chi connectivity index (χ2n) is 3.51. The van der Waals surface area contributed by atoms with Gasteiger partial charge in [0.1, 0.15) is 10.1 Å². The molecule has 0 radical (unpaired) electrons. The minimum absolute atomic E-state index is 2.27. The fourth-order valence-corrected chi connectivity index (χ4v) is 2.01. The zero-order valence-corrected chi connectivity index (χ0v) is 9.55. The van der Waals surface area contributed by atoms with Crippen molar-refractivity contribution in [3.63, 3.8) is 0 Å². The summed E-state index contributed by atoms with van der Waals surface area (Å²) >= 11 is 8.95. The quantitative estimate of drug-likeness (QED) is 0.550. The smallest absolute Gasteiger partial charge is 0.219 e. The van der Waals surface area contributed by atoms with Gasteiger partial charge < -0.3 is 0 Å². The van der Waals surface area contributed by atoms with Crippen molar-refractivity contribution in [1.82, 2.24) is 0 Å². The minimum atomic E-state index is -6.99. The van der Waals surface area contributed by atoms with E-state index in [1.807, 2.05) is 0 Å². The molecule has 0 aromatic carbocycles. The molecule has 1 rings (SSSR count). The van der Waals surface area contributed by atoms with Gasteiger partial charge in [-0.1, -0.05) is 23.2 Å². The fourth-order valence-electron chi connectivity index (χ4n) is 1.53. The molecule has 0 heterocycles. The van der Waals surface area contributed by atoms with Gasteiger partial charge >= 0.3 is 29.6 Å². The summed E-state index contributed by atoms with van der Waals surface area (Å²) in [6, 6.07) is 0. The van der Waals surface area contributed by atoms with Gasteiger partial charge in [-0.05, 0) is 0 Å². The molecule has 0 N–H and O–H groups in total. The highest BCUT2D eigenvalue weighted by atomic mass is 35.5. The molecular formula is C7Cl2F10. The Labute approximate surface area is 107 Å². The first-order valence-corrected chi connectivity index (χ1v) is 4.77. The Balaban J connectivity index is 3.85. The molecule has 0 spiro atoms. The van der Waals surface area contributed by atoms with Crippen LogP contribution in [0.4, 0.5) is 43.9 Å². The normalized spacial score (nSPS) is 32.5. The number of alkyl halides is 10. The van der Waals surface area contributed by atoms with Crippen molar-refractivity contribution in [3.05, 3.63) is 10.1 Å². The van der Waals surface area contributed by atoms with Crippen LogP contribution in [0.15, 0.2) is 10.1 Å². The molecule has 12 heteroatoms. The zero-order valence-electron chi connectivity index (χ0n) is 8.04. The first-order valence-electron chi connectivity index (χ1n) is 4.02. The van der Waals surface area contributed by atoms with E-state index in [-0.39, 0.29) is 0 Å². The summed E-state index contributed by atoms with van der Waals surface area (Å²) in [5.41, 5.74) is -10.1. The molecule has 0 nitrogen and oxygen atoms in total. The maximum absolute atomic E-state index is 13.2. The van der Waals surface area contributed by atoms with Gasteiger partial charge in [-0.3, -0.25) is 0 Å². The molecule has 0 bridgehead atoms. The maximum atomic E-state index is 13.2. The Morgan fingerprint density at radius 1 is 0.789 bits per heavy atom. The van der Waals surface area contributed by atoms with Gasteiger partial charge in [0.05, 0.1) is 0 Å². The zero-order chi connectivity index (χ0) is 15.7. The van der Waals surface area contributed by atoms with Gasteiger partial charge in [0.15, 0.2) is 0 Å². The van der Waals surface area contributed by atoms with E-state index in [1.165, 1.54) is 0 Å². The summed E-state index contributed by atoms with van der Waals surface area (Å²) in [4.78, 5) is 0. The Kier molecular flexibility index (Phi) is 3.37. The maximum Gasteiger partial charge on any atom is 0.435 e. The predicted octanol–water partition coefficient (Wildman–Crippen LogP) is 4.87. The number of hydrogen-bond acceptors (Lipinski definition) is 0. The van der Waals surface area contributed by atoms with Crippen LogP contribution in [0.1, 0.15) is 0 Å². The molecule has 0 aromatic heterocycles. The standard InChI is InChI=1S/C7Cl2F10/c8-2(9)1-3(10,11)5(14,7(17,18)19)6(15,16)4(1,12)13. The van der Waals surface area contributed by atoms with E-state index in [9.17, 15) is 43.9 Å². The van der Waals surface area contributed by atoms with E-state index >= 15 is 0 Å². The summed E-state index contributed by atoms with van der Waals surface area (Å²) in [5.74, 6) is -19.3. The SMILES string of the molecule is FC(F)(F)C1(F)C(F)(F)C(=C(Cl)Cl)C(F)(F)C1(F)F. The minimum Gasteiger partial charge on any atom is -0.219 e. The molecule has 1 unspecified atom stereocenters. The molecular weight excluding hydrogens is 345 g/mol. The molecule has 112 valence electrons. The van der Waals surface area contributed by atoms with Crippen molar-refractivity contribution < 1.29 is 43.9 Å². The average molecular weight is 345 g/mol. The second-order valence-corrected chi connectivity index (χ2v) is 4.46. The van der Waals surface area contributed by atoms with Gasteiger partial charge in [0, 0.05) is 0 Å². The van der Waals surface area contributed by atoms with Crippen LogP contribution >= 0.6 is 23.2 Å². The third-order valence-corrected chi connectivity index (χ3v) is 2.85. The van der Waals surface area contributed by atoms with Crippen molar-refractivity contribution in [3.8, 4) is 0 Å². The van der Waals surface area contributed by atoms with Crippen molar-refractivity contribution in [2.75, 3.05) is 0 Å². The highest BCUT2D eigenvalue weighted by Gasteiger charge is 2.97. The van der Waals surface area contributed by atoms with Crippen LogP contribution in [0.25, 0.3) is 0 Å². The highest BCUT2D eigenvalue weighted by Crippen LogP contribution is 2.70. The van der Waals surface area contributed by atoms with Crippen LogP contribution in [-0.4, -0.2) is 29.6 Å². The lowest BCUT2D eigenvalue weighted by Gasteiger charge is -2.32. The first-order chi connectivity index (χ1) is 8.07. The topological polar surface area (TPSA) is 0 Å². The summed E-state index contributed by atoms with van der Waals surface area (Å²) in [5, 5.41) is 0. The predicted molar refractivity (Wildman–Crippen MR) is 43.5 cm³/mol. The number of hydrogen-bond donors (Lipinski definition) is 0. The lowest BCUT2D eigenvalue weighted by atomic mass is 9.96. The number of allylic oxidation sites excluding steroid dienone is 1. The largest absolute Gasteiger partial charge is 0.435 e. The molecule has 1 aliphatic carbocycles. The van der Waals surface area contributed by atoms with Crippen LogP contribution in [0, 0.1) is 0 Å². The van der Waals surface area contributed by atoms with E-state index in [2.05, 4.69) is 23.2 Å². The monoisotopic (exact) mass is 344 g/mol. The second kappa shape index (κ2) is 3.84. The van der Waals surface area contributed by atoms with Gasteiger partial charge in [-0.2, -0.15) is 39.5 Å². The van der Waals surface area contributed by atoms with E-state index in [0.29, 0.717) is 0 Å². The van der Waals surface area contributed by atoms with Crippen LogP contribution in [0.2, 0.25) is 0 Å². The van der Waals surface area contributed by atoms with E-state index in [1.54, 1.807) is 0 Å². The first kappa shape index (κ1) is 16.7. The molecule has 1 aliphatic rings. The molecule has 1 atom stereocenters. The Morgan fingerprint density at radius 3 is 1.32 bits per heavy atom. The van der Waals surface area contributed by atoms with Crippen LogP contribution in [0.5, 0.6) is 0 Å². The molecule has 1 fully saturated rings. The fraction of sp³-hybridized carbons (Fsp3) is 0.714. The Hall–Kier alpha value is -0.380. The number of halogens is 12. The lowest BCUT2D eigenvalue weighted by molar-refractivity contribution is -0.357. The van der Waals surface area contributed by atoms with Crippen molar-refractivity contribution in [1.29, 1.82) is 0 Å². The summed E-state index contributed by atoms with van der Waals surface area (Å²) in [6.45, 7) is 0. The molecule has 0 aromatic rings. The summed E-state index contributed by atoms with van der Waals surface area (Å²) < 4.78 is 125. The summed E-state index contributed by atoms with van der Waals surface area (Å²) in [7, 11) is 0. The molecule has 19 heavy (non-hydrogen) atoms. The van der Waals surface area contributed by atoms with Gasteiger partial charge in [0.25, 0.3) is 0 Å². The van der Waals surface area contributed by atoms with Crippen molar-refractivity contribution >= 4 is 23.2 Å². The van der Waals surface area contributed by atoms with Crippen LogP contribution in [0.3, 0.4) is 0 Å². The third kappa shape index (κ3) is 1.61. The Morgan fingerprint density at radius 2 is 1.16 bits per heavy atom. The number of rotatable bonds is 0. The molecule has 0 aliphatic heterocycles. The van der Waals surface area contributed by atoms with E-state index in [0.717, 1.165) is 0 Å². The van der Waals surface area contributed by atoms with Crippen molar-refractivity contribution in [2.45, 2.75) is 29.6 Å². The van der Waals surface area contributed by atoms with E-state index in [4.69, 9.17) is 0 Å². The third-order valence-electron chi connectivity index (χ3n) is 2.47. The Bertz CT molecular complexity index is 432. The molecule has 0 saturated heterocycles.